The van der Waals surface area contributed by atoms with Gasteiger partial charge in [0, 0.05) is 7.11 Å². The second-order valence-corrected chi connectivity index (χ2v) is 6.58. The molecule has 1 aliphatic rings. The van der Waals surface area contributed by atoms with Crippen LogP contribution in [0.3, 0.4) is 0 Å². The number of amides is 1. The summed E-state index contributed by atoms with van der Waals surface area (Å²) in [5.74, 6) is -1.05. The quantitative estimate of drug-likeness (QED) is 0.779. The van der Waals surface area contributed by atoms with Crippen molar-refractivity contribution in [1.82, 2.24) is 4.90 Å². The first-order valence-corrected chi connectivity index (χ1v) is 8.92. The smallest absolute Gasteiger partial charge is 0.339 e. The highest BCUT2D eigenvalue weighted by Crippen LogP contribution is 2.45. The molecule has 2 aromatic carbocycles. The zero-order valence-corrected chi connectivity index (χ0v) is 16.1. The maximum absolute atomic E-state index is 13.6. The first-order valence-electron chi connectivity index (χ1n) is 8.92. The number of methoxy groups -OCH3 is 2. The highest BCUT2D eigenvalue weighted by Gasteiger charge is 2.55. The molecule has 2 atom stereocenters. The molecule has 0 bridgehead atoms. The third-order valence-corrected chi connectivity index (χ3v) is 5.12. The van der Waals surface area contributed by atoms with E-state index < -0.39 is 23.6 Å². The van der Waals surface area contributed by atoms with E-state index in [-0.39, 0.29) is 17.8 Å². The largest absolute Gasteiger partial charge is 0.466 e. The number of benzene rings is 2. The SMILES string of the molecule is COC(=O)C1=C(c2ccccc2)C(=O)N([C@@H](CO)c2ccccc2)C1(C)OC. The van der Waals surface area contributed by atoms with Crippen molar-refractivity contribution in [2.45, 2.75) is 18.7 Å². The third kappa shape index (κ3) is 3.10. The molecule has 0 saturated carbocycles. The summed E-state index contributed by atoms with van der Waals surface area (Å²) in [6, 6.07) is 17.4. The van der Waals surface area contributed by atoms with Gasteiger partial charge in [-0.05, 0) is 18.1 Å². The number of ether oxygens (including phenoxy) is 2. The Labute approximate surface area is 164 Å². The van der Waals surface area contributed by atoms with Crippen LogP contribution in [0.4, 0.5) is 0 Å². The number of carbonyl (C=O) groups is 2. The minimum atomic E-state index is -1.40. The number of nitrogens with zero attached hydrogens (tertiary/aromatic N) is 1. The molecule has 0 fully saturated rings. The molecule has 28 heavy (non-hydrogen) atoms. The van der Waals surface area contributed by atoms with Crippen molar-refractivity contribution in [1.29, 1.82) is 0 Å². The zero-order valence-electron chi connectivity index (χ0n) is 16.1. The number of hydrogen-bond donors (Lipinski definition) is 1. The first kappa shape index (κ1) is 19.8. The molecule has 1 heterocycles. The molecule has 0 radical (unpaired) electrons. The molecule has 0 aliphatic carbocycles. The summed E-state index contributed by atoms with van der Waals surface area (Å²) >= 11 is 0. The molecule has 1 aliphatic heterocycles. The van der Waals surface area contributed by atoms with Crippen molar-refractivity contribution < 1.29 is 24.2 Å². The van der Waals surface area contributed by atoms with Gasteiger partial charge in [0.1, 0.15) is 5.57 Å². The molecule has 3 rings (SSSR count). The molecule has 0 spiro atoms. The van der Waals surface area contributed by atoms with Crippen molar-refractivity contribution in [3.63, 3.8) is 0 Å². The number of aliphatic hydroxyl groups excluding tert-OH is 1. The monoisotopic (exact) mass is 381 g/mol. The Morgan fingerprint density at radius 3 is 2.14 bits per heavy atom. The topological polar surface area (TPSA) is 76.1 Å². The van der Waals surface area contributed by atoms with Crippen molar-refractivity contribution in [3.05, 3.63) is 77.4 Å². The van der Waals surface area contributed by atoms with Gasteiger partial charge in [-0.1, -0.05) is 60.7 Å². The fraction of sp³-hybridized carbons (Fsp3) is 0.273. The van der Waals surface area contributed by atoms with E-state index >= 15 is 0 Å². The van der Waals surface area contributed by atoms with Gasteiger partial charge in [0.25, 0.3) is 5.91 Å². The van der Waals surface area contributed by atoms with Gasteiger partial charge in [0.05, 0.1) is 25.3 Å². The van der Waals surface area contributed by atoms with Crippen LogP contribution >= 0.6 is 0 Å². The molecule has 146 valence electrons. The maximum Gasteiger partial charge on any atom is 0.339 e. The molecule has 2 aromatic rings. The zero-order chi connectivity index (χ0) is 20.3. The normalized spacial score (nSPS) is 20.4. The van der Waals surface area contributed by atoms with Crippen LogP contribution in [-0.2, 0) is 19.1 Å². The van der Waals surface area contributed by atoms with E-state index in [1.54, 1.807) is 31.2 Å². The van der Waals surface area contributed by atoms with Crippen molar-refractivity contribution in [3.8, 4) is 0 Å². The van der Waals surface area contributed by atoms with E-state index in [0.717, 1.165) is 5.56 Å². The van der Waals surface area contributed by atoms with Gasteiger partial charge in [0.15, 0.2) is 5.72 Å². The highest BCUT2D eigenvalue weighted by molar-refractivity contribution is 6.29. The molecule has 1 amide bonds. The molecule has 0 saturated heterocycles. The molecular formula is C22H23NO5. The summed E-state index contributed by atoms with van der Waals surface area (Å²) in [7, 11) is 2.69. The number of esters is 1. The van der Waals surface area contributed by atoms with Crippen LogP contribution in [0, 0.1) is 0 Å². The summed E-state index contributed by atoms with van der Waals surface area (Å²) in [6.45, 7) is 1.31. The lowest BCUT2D eigenvalue weighted by molar-refractivity contribution is -0.159. The van der Waals surface area contributed by atoms with E-state index in [0.29, 0.717) is 5.56 Å². The fourth-order valence-corrected chi connectivity index (χ4v) is 3.69. The fourth-order valence-electron chi connectivity index (χ4n) is 3.69. The summed E-state index contributed by atoms with van der Waals surface area (Å²) < 4.78 is 10.7. The Hall–Kier alpha value is -2.96. The average molecular weight is 381 g/mol. The second-order valence-electron chi connectivity index (χ2n) is 6.58. The Kier molecular flexibility index (Phi) is 5.63. The van der Waals surface area contributed by atoms with E-state index in [2.05, 4.69) is 0 Å². The molecule has 6 heteroatoms. The number of aliphatic hydroxyl groups is 1. The van der Waals surface area contributed by atoms with Crippen LogP contribution in [0.25, 0.3) is 5.57 Å². The van der Waals surface area contributed by atoms with Gasteiger partial charge in [0.2, 0.25) is 0 Å². The standard InChI is InChI=1S/C22H23NO5/c1-22(28-3)19(21(26)27-2)18(16-12-8-5-9-13-16)20(25)23(22)17(14-24)15-10-6-4-7-11-15/h4-13,17,24H,14H2,1-3H3/t17-,22?/m0/s1. The first-order chi connectivity index (χ1) is 13.5. The summed E-state index contributed by atoms with van der Waals surface area (Å²) in [6.07, 6.45) is 0. The number of rotatable bonds is 6. The summed E-state index contributed by atoms with van der Waals surface area (Å²) in [5, 5.41) is 10.1. The van der Waals surface area contributed by atoms with Gasteiger partial charge < -0.3 is 14.6 Å². The Bertz CT molecular complexity index is 894. The Morgan fingerprint density at radius 1 is 1.07 bits per heavy atom. The molecule has 1 unspecified atom stereocenters. The van der Waals surface area contributed by atoms with E-state index in [1.165, 1.54) is 19.1 Å². The van der Waals surface area contributed by atoms with Crippen LogP contribution in [-0.4, -0.2) is 48.4 Å². The van der Waals surface area contributed by atoms with Crippen molar-refractivity contribution >= 4 is 17.4 Å². The highest BCUT2D eigenvalue weighted by atomic mass is 16.5. The molecule has 6 nitrogen and oxygen atoms in total. The number of hydrogen-bond acceptors (Lipinski definition) is 5. The minimum absolute atomic E-state index is 0.114. The molecule has 0 aromatic heterocycles. The minimum Gasteiger partial charge on any atom is -0.466 e. The van der Waals surface area contributed by atoms with Crippen LogP contribution in [0.1, 0.15) is 24.1 Å². The molecule has 1 N–H and O–H groups in total. The van der Waals surface area contributed by atoms with Gasteiger partial charge in [-0.25, -0.2) is 4.79 Å². The van der Waals surface area contributed by atoms with Crippen LogP contribution in [0.5, 0.6) is 0 Å². The Morgan fingerprint density at radius 2 is 1.64 bits per heavy atom. The van der Waals surface area contributed by atoms with E-state index in [4.69, 9.17) is 9.47 Å². The number of carbonyl (C=O) groups excluding carboxylic acids is 2. The summed E-state index contributed by atoms with van der Waals surface area (Å²) in [5.41, 5.74) is 0.247. The lowest BCUT2D eigenvalue weighted by Crippen LogP contribution is -2.51. The lowest BCUT2D eigenvalue weighted by Gasteiger charge is -2.40. The Balaban J connectivity index is 2.22. The van der Waals surface area contributed by atoms with Gasteiger partial charge >= 0.3 is 5.97 Å². The average Bonchev–Trinajstić information content (AvgIpc) is 2.97. The molecular weight excluding hydrogens is 358 g/mol. The van der Waals surface area contributed by atoms with Crippen LogP contribution in [0.15, 0.2) is 66.2 Å². The van der Waals surface area contributed by atoms with Crippen LogP contribution < -0.4 is 0 Å². The maximum atomic E-state index is 13.6. The van der Waals surface area contributed by atoms with Gasteiger partial charge in [-0.15, -0.1) is 0 Å². The second kappa shape index (κ2) is 7.96. The van der Waals surface area contributed by atoms with Crippen LogP contribution in [0.2, 0.25) is 0 Å². The van der Waals surface area contributed by atoms with Crippen molar-refractivity contribution in [2.75, 3.05) is 20.8 Å². The van der Waals surface area contributed by atoms with Crippen molar-refractivity contribution in [2.24, 2.45) is 0 Å². The van der Waals surface area contributed by atoms with Gasteiger partial charge in [-0.3, -0.25) is 9.69 Å². The van der Waals surface area contributed by atoms with E-state index in [9.17, 15) is 14.7 Å². The summed E-state index contributed by atoms with van der Waals surface area (Å²) in [4.78, 5) is 27.7. The predicted octanol–water partition coefficient (Wildman–Crippen LogP) is 2.55. The van der Waals surface area contributed by atoms with Gasteiger partial charge in [-0.2, -0.15) is 0 Å². The predicted molar refractivity (Wildman–Crippen MR) is 104 cm³/mol. The van der Waals surface area contributed by atoms with E-state index in [1.807, 2.05) is 36.4 Å². The third-order valence-electron chi connectivity index (χ3n) is 5.12. The lowest BCUT2D eigenvalue weighted by atomic mass is 9.97.